The number of non-ortho nitro benzene ring substituents is 1. The van der Waals surface area contributed by atoms with Crippen LogP contribution in [0.2, 0.25) is 0 Å². The Morgan fingerprint density at radius 1 is 0.783 bits per heavy atom. The van der Waals surface area contributed by atoms with Gasteiger partial charge in [-0.2, -0.15) is 0 Å². The fraction of sp³-hybridized carbons (Fsp3) is 0.0286. The number of carbonyl (C=O) groups is 3. The van der Waals surface area contributed by atoms with E-state index in [1.807, 2.05) is 36.4 Å². The molecule has 228 valence electrons. The Kier molecular flexibility index (Phi) is 10.3. The van der Waals surface area contributed by atoms with Crippen molar-refractivity contribution in [2.75, 3.05) is 10.6 Å². The van der Waals surface area contributed by atoms with Crippen LogP contribution in [0.25, 0.3) is 6.08 Å². The lowest BCUT2D eigenvalue weighted by atomic mass is 10.1. The van der Waals surface area contributed by atoms with E-state index >= 15 is 0 Å². The van der Waals surface area contributed by atoms with Crippen molar-refractivity contribution < 1.29 is 19.3 Å². The van der Waals surface area contributed by atoms with E-state index < -0.39 is 22.0 Å². The van der Waals surface area contributed by atoms with Crippen LogP contribution in [0.1, 0.15) is 26.7 Å². The van der Waals surface area contributed by atoms with Gasteiger partial charge in [0, 0.05) is 34.5 Å². The molecule has 0 saturated carbocycles. The van der Waals surface area contributed by atoms with Crippen molar-refractivity contribution >= 4 is 52.8 Å². The lowest BCUT2D eigenvalue weighted by Gasteiger charge is -2.17. The number of amides is 3. The predicted octanol–water partition coefficient (Wildman–Crippen LogP) is 6.87. The number of hydrogen-bond donors (Lipinski definition) is 3. The van der Waals surface area contributed by atoms with Crippen molar-refractivity contribution in [2.45, 2.75) is 10.1 Å². The fourth-order valence-electron chi connectivity index (χ4n) is 4.31. The largest absolute Gasteiger partial charge is 0.321 e. The number of hydrogen-bond acceptors (Lipinski definition) is 7. The van der Waals surface area contributed by atoms with Crippen LogP contribution in [-0.4, -0.2) is 27.6 Å². The molecule has 3 amide bonds. The minimum absolute atomic E-state index is 0.0716. The number of anilines is 2. The first kappa shape index (κ1) is 31.4. The molecule has 1 unspecified atom stereocenters. The standard InChI is InChI=1S/C35H27N5O5S/c41-33(26-12-5-2-6-13-26)38-30(22-24-17-19-28(20-18-24)40(44)45)34(42)37-27-14-9-15-29(23-27)46-32(25-10-3-1-4-11-25)35(43)39-31-16-7-8-21-36-31/h1-23,32H,(H,37,42)(H,38,41)(H,36,39,43)/b30-22+. The van der Waals surface area contributed by atoms with Gasteiger partial charge in [0.25, 0.3) is 17.5 Å². The average molecular weight is 630 g/mol. The number of thioether (sulfide) groups is 1. The van der Waals surface area contributed by atoms with Gasteiger partial charge in [-0.05, 0) is 71.8 Å². The lowest BCUT2D eigenvalue weighted by Crippen LogP contribution is -2.30. The van der Waals surface area contributed by atoms with Gasteiger partial charge < -0.3 is 16.0 Å². The van der Waals surface area contributed by atoms with E-state index in [9.17, 15) is 24.5 Å². The third-order valence-electron chi connectivity index (χ3n) is 6.55. The monoisotopic (exact) mass is 629 g/mol. The van der Waals surface area contributed by atoms with E-state index in [2.05, 4.69) is 20.9 Å². The highest BCUT2D eigenvalue weighted by molar-refractivity contribution is 8.00. The quantitative estimate of drug-likeness (QED) is 0.0626. The molecule has 0 saturated heterocycles. The van der Waals surface area contributed by atoms with Crippen molar-refractivity contribution in [1.29, 1.82) is 0 Å². The molecule has 1 heterocycles. The summed E-state index contributed by atoms with van der Waals surface area (Å²) in [5.41, 5.74) is 1.85. The Balaban J connectivity index is 1.38. The minimum atomic E-state index is -0.628. The number of nitrogens with one attached hydrogen (secondary N) is 3. The number of rotatable bonds is 11. The molecule has 0 aliphatic rings. The van der Waals surface area contributed by atoms with E-state index in [-0.39, 0.29) is 17.3 Å². The van der Waals surface area contributed by atoms with E-state index in [0.29, 0.717) is 27.5 Å². The van der Waals surface area contributed by atoms with E-state index in [1.165, 1.54) is 42.1 Å². The molecule has 4 aromatic carbocycles. The van der Waals surface area contributed by atoms with Gasteiger partial charge in [0.15, 0.2) is 0 Å². The van der Waals surface area contributed by atoms with Crippen LogP contribution >= 0.6 is 11.8 Å². The Labute approximate surface area is 268 Å². The molecule has 11 heteroatoms. The van der Waals surface area contributed by atoms with Crippen molar-refractivity contribution in [2.24, 2.45) is 0 Å². The minimum Gasteiger partial charge on any atom is -0.321 e. The van der Waals surface area contributed by atoms with Crippen LogP contribution in [0.5, 0.6) is 0 Å². The molecule has 1 aromatic heterocycles. The molecule has 0 aliphatic heterocycles. The number of nitro groups is 1. The fourth-order valence-corrected chi connectivity index (χ4v) is 5.40. The summed E-state index contributed by atoms with van der Waals surface area (Å²) in [6, 6.07) is 35.6. The van der Waals surface area contributed by atoms with Gasteiger partial charge in [0.1, 0.15) is 16.8 Å². The lowest BCUT2D eigenvalue weighted by molar-refractivity contribution is -0.384. The van der Waals surface area contributed by atoms with Crippen molar-refractivity contribution in [3.8, 4) is 0 Å². The van der Waals surface area contributed by atoms with E-state index in [0.717, 1.165) is 5.56 Å². The number of nitro benzene ring substituents is 1. The molecule has 5 aromatic rings. The van der Waals surface area contributed by atoms with Crippen LogP contribution in [0.4, 0.5) is 17.2 Å². The van der Waals surface area contributed by atoms with Crippen LogP contribution in [-0.2, 0) is 9.59 Å². The summed E-state index contributed by atoms with van der Waals surface area (Å²) in [6.07, 6.45) is 3.03. The van der Waals surface area contributed by atoms with Gasteiger partial charge in [0.05, 0.1) is 4.92 Å². The predicted molar refractivity (Wildman–Crippen MR) is 178 cm³/mol. The van der Waals surface area contributed by atoms with Gasteiger partial charge in [-0.3, -0.25) is 24.5 Å². The summed E-state index contributed by atoms with van der Waals surface area (Å²) >= 11 is 1.30. The first-order chi connectivity index (χ1) is 22.4. The summed E-state index contributed by atoms with van der Waals surface area (Å²) in [4.78, 5) is 55.4. The molecular weight excluding hydrogens is 602 g/mol. The maximum absolute atomic E-state index is 13.5. The van der Waals surface area contributed by atoms with Gasteiger partial charge in [0.2, 0.25) is 5.91 Å². The summed E-state index contributed by atoms with van der Waals surface area (Å²) < 4.78 is 0. The summed E-state index contributed by atoms with van der Waals surface area (Å²) in [5, 5.41) is 18.8. The first-order valence-corrected chi connectivity index (χ1v) is 14.9. The average Bonchev–Trinajstić information content (AvgIpc) is 3.08. The smallest absolute Gasteiger partial charge is 0.272 e. The summed E-state index contributed by atoms with van der Waals surface area (Å²) in [5.74, 6) is -0.948. The maximum Gasteiger partial charge on any atom is 0.272 e. The molecule has 0 bridgehead atoms. The van der Waals surface area contributed by atoms with Crippen LogP contribution in [0.3, 0.4) is 0 Å². The molecule has 1 atom stereocenters. The number of pyridine rings is 1. The van der Waals surface area contributed by atoms with E-state index in [1.54, 1.807) is 72.9 Å². The topological polar surface area (TPSA) is 143 Å². The van der Waals surface area contributed by atoms with Crippen LogP contribution in [0.15, 0.2) is 144 Å². The number of nitrogens with zero attached hydrogens (tertiary/aromatic N) is 2. The third kappa shape index (κ3) is 8.52. The number of aromatic nitrogens is 1. The SMILES string of the molecule is O=C(Nc1cccc(SC(C(=O)Nc2ccccn2)c2ccccc2)c1)/C(=C\c1ccc([N+](=O)[O-])cc1)NC(=O)c1ccccc1. The molecule has 46 heavy (non-hydrogen) atoms. The second-order valence-corrected chi connectivity index (χ2v) is 11.0. The Bertz CT molecular complexity index is 1870. The van der Waals surface area contributed by atoms with Gasteiger partial charge >= 0.3 is 0 Å². The molecule has 10 nitrogen and oxygen atoms in total. The zero-order valence-electron chi connectivity index (χ0n) is 24.2. The highest BCUT2D eigenvalue weighted by atomic mass is 32.2. The van der Waals surface area contributed by atoms with Gasteiger partial charge in [-0.1, -0.05) is 60.7 Å². The molecule has 0 fully saturated rings. The second-order valence-electron chi connectivity index (χ2n) is 9.82. The van der Waals surface area contributed by atoms with Gasteiger partial charge in [-0.15, -0.1) is 11.8 Å². The highest BCUT2D eigenvalue weighted by Crippen LogP contribution is 2.37. The normalized spacial score (nSPS) is 11.6. The molecule has 3 N–H and O–H groups in total. The van der Waals surface area contributed by atoms with E-state index in [4.69, 9.17) is 0 Å². The number of benzene rings is 4. The maximum atomic E-state index is 13.5. The Hall–Kier alpha value is -6.07. The molecule has 5 rings (SSSR count). The molecular formula is C35H27N5O5S. The molecule has 0 spiro atoms. The van der Waals surface area contributed by atoms with Crippen molar-refractivity contribution in [3.63, 3.8) is 0 Å². The molecule has 0 aliphatic carbocycles. The zero-order valence-corrected chi connectivity index (χ0v) is 25.0. The second kappa shape index (κ2) is 15.1. The number of carbonyl (C=O) groups excluding carboxylic acids is 3. The zero-order chi connectivity index (χ0) is 32.3. The first-order valence-electron chi connectivity index (χ1n) is 14.0. The van der Waals surface area contributed by atoms with Crippen molar-refractivity contribution in [3.05, 3.63) is 166 Å². The van der Waals surface area contributed by atoms with Crippen LogP contribution < -0.4 is 16.0 Å². The van der Waals surface area contributed by atoms with Crippen molar-refractivity contribution in [1.82, 2.24) is 10.3 Å². The Morgan fingerprint density at radius 2 is 1.48 bits per heavy atom. The third-order valence-corrected chi connectivity index (χ3v) is 7.79. The summed E-state index contributed by atoms with van der Waals surface area (Å²) in [6.45, 7) is 0. The summed E-state index contributed by atoms with van der Waals surface area (Å²) in [7, 11) is 0. The van der Waals surface area contributed by atoms with Crippen LogP contribution in [0, 0.1) is 10.1 Å². The van der Waals surface area contributed by atoms with Gasteiger partial charge in [-0.25, -0.2) is 4.98 Å². The Morgan fingerprint density at radius 3 is 2.15 bits per heavy atom. The molecule has 0 radical (unpaired) electrons. The highest BCUT2D eigenvalue weighted by Gasteiger charge is 2.23.